The maximum absolute atomic E-state index is 11.4. The first-order valence-corrected chi connectivity index (χ1v) is 5.96. The molecule has 1 fully saturated rings. The number of amides is 1. The van der Waals surface area contributed by atoms with E-state index in [0.717, 1.165) is 12.3 Å². The van der Waals surface area contributed by atoms with E-state index >= 15 is 0 Å². The van der Waals surface area contributed by atoms with Crippen LogP contribution in [0.25, 0.3) is 0 Å². The van der Waals surface area contributed by atoms with Crippen LogP contribution >= 0.6 is 0 Å². The summed E-state index contributed by atoms with van der Waals surface area (Å²) in [4.78, 5) is 11.4. The summed E-state index contributed by atoms with van der Waals surface area (Å²) >= 11 is 0. The van der Waals surface area contributed by atoms with Crippen molar-refractivity contribution in [2.75, 3.05) is 6.54 Å². The molecule has 0 spiro atoms. The first-order valence-electron chi connectivity index (χ1n) is 5.96. The molecule has 0 radical (unpaired) electrons. The first kappa shape index (κ1) is 12.5. The zero-order chi connectivity index (χ0) is 11.3. The normalized spacial score (nSPS) is 18.1. The van der Waals surface area contributed by atoms with E-state index in [1.807, 2.05) is 0 Å². The molecule has 1 rings (SSSR count). The molecule has 0 aliphatic heterocycles. The van der Waals surface area contributed by atoms with Crippen molar-refractivity contribution >= 4 is 5.91 Å². The fourth-order valence-electron chi connectivity index (χ4n) is 2.04. The molecule has 1 amide bonds. The minimum atomic E-state index is -0.803. The van der Waals surface area contributed by atoms with Crippen LogP contribution in [0.4, 0.5) is 0 Å². The quantitative estimate of drug-likeness (QED) is 0.732. The Hall–Kier alpha value is -0.570. The summed E-state index contributed by atoms with van der Waals surface area (Å²) in [5.74, 6) is 0.835. The highest BCUT2D eigenvalue weighted by molar-refractivity contribution is 5.75. The smallest absolute Gasteiger partial charge is 0.220 e. The maximum Gasteiger partial charge on any atom is 0.220 e. The monoisotopic (exact) mass is 213 g/mol. The number of hydrogen-bond acceptors (Lipinski definition) is 2. The molecule has 0 aromatic heterocycles. The van der Waals surface area contributed by atoms with Gasteiger partial charge in [-0.25, -0.2) is 0 Å². The van der Waals surface area contributed by atoms with Crippen LogP contribution in [0.5, 0.6) is 0 Å². The Morgan fingerprint density at radius 3 is 2.53 bits per heavy atom. The van der Waals surface area contributed by atoms with E-state index in [2.05, 4.69) is 5.32 Å². The molecule has 1 saturated carbocycles. The summed E-state index contributed by atoms with van der Waals surface area (Å²) in [5, 5.41) is 12.2. The molecule has 0 bridgehead atoms. The fraction of sp³-hybridized carbons (Fsp3) is 0.917. The number of carbonyl (C=O) groups excluding carboxylic acids is 1. The van der Waals surface area contributed by atoms with Crippen molar-refractivity contribution in [2.24, 2.45) is 5.92 Å². The largest absolute Gasteiger partial charge is 0.389 e. The summed E-state index contributed by atoms with van der Waals surface area (Å²) in [6.45, 7) is 3.74. The molecule has 3 heteroatoms. The Morgan fingerprint density at radius 2 is 2.00 bits per heavy atom. The molecule has 1 aliphatic rings. The van der Waals surface area contributed by atoms with Crippen LogP contribution in [-0.4, -0.2) is 23.2 Å². The van der Waals surface area contributed by atoms with Gasteiger partial charge in [-0.05, 0) is 26.2 Å². The minimum Gasteiger partial charge on any atom is -0.389 e. The number of nitrogens with one attached hydrogen (secondary N) is 1. The van der Waals surface area contributed by atoms with Gasteiger partial charge in [0, 0.05) is 13.0 Å². The van der Waals surface area contributed by atoms with E-state index in [-0.39, 0.29) is 5.91 Å². The van der Waals surface area contributed by atoms with Gasteiger partial charge in [0.2, 0.25) is 5.91 Å². The summed E-state index contributed by atoms with van der Waals surface area (Å²) in [6, 6.07) is 0. The van der Waals surface area contributed by atoms with Gasteiger partial charge in [-0.2, -0.15) is 0 Å². The van der Waals surface area contributed by atoms with Gasteiger partial charge in [0.15, 0.2) is 0 Å². The van der Waals surface area contributed by atoms with Crippen molar-refractivity contribution in [1.29, 1.82) is 0 Å². The second-order valence-corrected chi connectivity index (χ2v) is 5.28. The lowest BCUT2D eigenvalue weighted by Crippen LogP contribution is -2.38. The first-order chi connectivity index (χ1) is 6.97. The Balaban J connectivity index is 2.08. The number of aliphatic hydroxyl groups is 1. The molecule has 0 saturated heterocycles. The van der Waals surface area contributed by atoms with E-state index in [0.29, 0.717) is 13.0 Å². The van der Waals surface area contributed by atoms with Gasteiger partial charge in [-0.3, -0.25) is 4.79 Å². The molecule has 0 unspecified atom stereocenters. The standard InChI is InChI=1S/C12H23NO2/c1-12(2,15)9-13-11(14)8-7-10-5-3-4-6-10/h10,15H,3-9H2,1-2H3,(H,13,14). The third-order valence-corrected chi connectivity index (χ3v) is 2.97. The van der Waals surface area contributed by atoms with E-state index in [1.54, 1.807) is 13.8 Å². The molecular formula is C12H23NO2. The predicted molar refractivity (Wildman–Crippen MR) is 60.5 cm³/mol. The average molecular weight is 213 g/mol. The lowest BCUT2D eigenvalue weighted by atomic mass is 10.0. The third-order valence-electron chi connectivity index (χ3n) is 2.97. The Labute approximate surface area is 92.3 Å². The average Bonchev–Trinajstić information content (AvgIpc) is 2.62. The predicted octanol–water partition coefficient (Wildman–Crippen LogP) is 1.84. The van der Waals surface area contributed by atoms with Crippen LogP contribution in [0.2, 0.25) is 0 Å². The molecule has 0 heterocycles. The van der Waals surface area contributed by atoms with Gasteiger partial charge in [0.1, 0.15) is 0 Å². The topological polar surface area (TPSA) is 49.3 Å². The van der Waals surface area contributed by atoms with Gasteiger partial charge in [0.05, 0.1) is 5.60 Å². The second-order valence-electron chi connectivity index (χ2n) is 5.28. The number of hydrogen-bond donors (Lipinski definition) is 2. The highest BCUT2D eigenvalue weighted by Crippen LogP contribution is 2.28. The van der Waals surface area contributed by atoms with E-state index in [9.17, 15) is 9.90 Å². The summed E-state index contributed by atoms with van der Waals surface area (Å²) in [5.41, 5.74) is -0.803. The summed E-state index contributed by atoms with van der Waals surface area (Å²) in [6.07, 6.45) is 6.86. The molecular weight excluding hydrogens is 190 g/mol. The molecule has 0 aromatic carbocycles. The zero-order valence-corrected chi connectivity index (χ0v) is 9.88. The molecule has 0 aromatic rings. The third kappa shape index (κ3) is 5.78. The van der Waals surface area contributed by atoms with Gasteiger partial charge in [0.25, 0.3) is 0 Å². The Bertz CT molecular complexity index is 202. The highest BCUT2D eigenvalue weighted by atomic mass is 16.3. The number of carbonyl (C=O) groups is 1. The van der Waals surface area contributed by atoms with Gasteiger partial charge >= 0.3 is 0 Å². The van der Waals surface area contributed by atoms with Crippen molar-refractivity contribution in [3.8, 4) is 0 Å². The van der Waals surface area contributed by atoms with Crippen LogP contribution in [0, 0.1) is 5.92 Å². The molecule has 2 N–H and O–H groups in total. The van der Waals surface area contributed by atoms with Crippen molar-refractivity contribution in [2.45, 2.75) is 58.0 Å². The lowest BCUT2D eigenvalue weighted by Gasteiger charge is -2.18. The molecule has 88 valence electrons. The summed E-state index contributed by atoms with van der Waals surface area (Å²) < 4.78 is 0. The summed E-state index contributed by atoms with van der Waals surface area (Å²) in [7, 11) is 0. The zero-order valence-electron chi connectivity index (χ0n) is 9.88. The maximum atomic E-state index is 11.4. The van der Waals surface area contributed by atoms with Gasteiger partial charge < -0.3 is 10.4 Å². The van der Waals surface area contributed by atoms with Crippen LogP contribution < -0.4 is 5.32 Å². The van der Waals surface area contributed by atoms with E-state index < -0.39 is 5.60 Å². The van der Waals surface area contributed by atoms with Crippen LogP contribution in [0.1, 0.15) is 52.4 Å². The van der Waals surface area contributed by atoms with Crippen molar-refractivity contribution in [3.05, 3.63) is 0 Å². The fourth-order valence-corrected chi connectivity index (χ4v) is 2.04. The van der Waals surface area contributed by atoms with Gasteiger partial charge in [-0.15, -0.1) is 0 Å². The van der Waals surface area contributed by atoms with Crippen LogP contribution in [-0.2, 0) is 4.79 Å². The minimum absolute atomic E-state index is 0.0732. The molecule has 3 nitrogen and oxygen atoms in total. The van der Waals surface area contributed by atoms with Gasteiger partial charge in [-0.1, -0.05) is 25.7 Å². The van der Waals surface area contributed by atoms with Crippen molar-refractivity contribution in [1.82, 2.24) is 5.32 Å². The van der Waals surface area contributed by atoms with E-state index in [1.165, 1.54) is 25.7 Å². The highest BCUT2D eigenvalue weighted by Gasteiger charge is 2.17. The van der Waals surface area contributed by atoms with Crippen molar-refractivity contribution < 1.29 is 9.90 Å². The molecule has 0 atom stereocenters. The molecule has 1 aliphatic carbocycles. The van der Waals surface area contributed by atoms with Crippen LogP contribution in [0.3, 0.4) is 0 Å². The SMILES string of the molecule is CC(C)(O)CNC(=O)CCC1CCCC1. The van der Waals surface area contributed by atoms with Crippen LogP contribution in [0.15, 0.2) is 0 Å². The second kappa shape index (κ2) is 5.50. The Kier molecular flexibility index (Phi) is 4.58. The number of rotatable bonds is 5. The van der Waals surface area contributed by atoms with Crippen molar-refractivity contribution in [3.63, 3.8) is 0 Å². The Morgan fingerprint density at radius 1 is 1.40 bits per heavy atom. The lowest BCUT2D eigenvalue weighted by molar-refractivity contribution is -0.122. The van der Waals surface area contributed by atoms with E-state index in [4.69, 9.17) is 0 Å². The molecule has 15 heavy (non-hydrogen) atoms.